The SMILES string of the molecule is c1nc(N2CCOCC2)nc2nnnn12. The molecular weight excluding hydrogens is 198 g/mol. The summed E-state index contributed by atoms with van der Waals surface area (Å²) in [5.74, 6) is 1.12. The number of hydrogen-bond acceptors (Lipinski definition) is 7. The van der Waals surface area contributed by atoms with Crippen molar-refractivity contribution in [3.05, 3.63) is 6.33 Å². The van der Waals surface area contributed by atoms with Gasteiger partial charge in [0.15, 0.2) is 0 Å². The largest absolute Gasteiger partial charge is 0.378 e. The molecular formula is C7H9N7O. The van der Waals surface area contributed by atoms with E-state index in [1.165, 1.54) is 4.52 Å². The Morgan fingerprint density at radius 1 is 1.27 bits per heavy atom. The zero-order chi connectivity index (χ0) is 10.1. The Balaban J connectivity index is 1.95. The number of anilines is 1. The highest BCUT2D eigenvalue weighted by Crippen LogP contribution is 2.08. The summed E-state index contributed by atoms with van der Waals surface area (Å²) in [6.45, 7) is 3.02. The van der Waals surface area contributed by atoms with Gasteiger partial charge in [-0.1, -0.05) is 5.10 Å². The van der Waals surface area contributed by atoms with E-state index < -0.39 is 0 Å². The third kappa shape index (κ3) is 1.48. The van der Waals surface area contributed by atoms with Crippen molar-refractivity contribution in [2.75, 3.05) is 31.2 Å². The standard InChI is InChI=1S/C7H9N7O/c1-3-15-4-2-13(1)6-8-5-14-7(9-6)10-11-12-14/h5H,1-4H2. The number of tetrazole rings is 1. The van der Waals surface area contributed by atoms with Crippen molar-refractivity contribution < 1.29 is 4.74 Å². The monoisotopic (exact) mass is 207 g/mol. The smallest absolute Gasteiger partial charge is 0.278 e. The molecule has 78 valence electrons. The third-order valence-corrected chi connectivity index (χ3v) is 2.25. The molecule has 2 aromatic heterocycles. The van der Waals surface area contributed by atoms with Crippen LogP contribution in [0, 0.1) is 0 Å². The van der Waals surface area contributed by atoms with E-state index in [1.807, 2.05) is 0 Å². The molecule has 8 heteroatoms. The van der Waals surface area contributed by atoms with Crippen LogP contribution in [0.5, 0.6) is 0 Å². The minimum Gasteiger partial charge on any atom is -0.378 e. The van der Waals surface area contributed by atoms with E-state index in [9.17, 15) is 0 Å². The predicted octanol–water partition coefficient (Wildman–Crippen LogP) is -1.25. The van der Waals surface area contributed by atoms with Crippen LogP contribution in [0.15, 0.2) is 6.33 Å². The molecule has 0 radical (unpaired) electrons. The van der Waals surface area contributed by atoms with Crippen LogP contribution < -0.4 is 4.90 Å². The lowest BCUT2D eigenvalue weighted by atomic mass is 10.4. The molecule has 3 heterocycles. The molecule has 1 aliphatic heterocycles. The van der Waals surface area contributed by atoms with Crippen LogP contribution in [0.2, 0.25) is 0 Å². The quantitative estimate of drug-likeness (QED) is 0.578. The molecule has 0 bridgehead atoms. The van der Waals surface area contributed by atoms with E-state index in [1.54, 1.807) is 6.33 Å². The molecule has 1 saturated heterocycles. The number of morpholine rings is 1. The Morgan fingerprint density at radius 3 is 3.00 bits per heavy atom. The van der Waals surface area contributed by atoms with Gasteiger partial charge in [0.25, 0.3) is 5.78 Å². The fraction of sp³-hybridized carbons (Fsp3) is 0.571. The molecule has 0 aromatic carbocycles. The fourth-order valence-electron chi connectivity index (χ4n) is 1.48. The van der Waals surface area contributed by atoms with E-state index in [2.05, 4.69) is 30.4 Å². The van der Waals surface area contributed by atoms with Crippen LogP contribution in [0.4, 0.5) is 5.95 Å². The van der Waals surface area contributed by atoms with Gasteiger partial charge in [0.1, 0.15) is 6.33 Å². The van der Waals surface area contributed by atoms with Gasteiger partial charge in [-0.05, 0) is 10.4 Å². The van der Waals surface area contributed by atoms with Crippen LogP contribution >= 0.6 is 0 Å². The summed E-state index contributed by atoms with van der Waals surface area (Å²) < 4.78 is 6.69. The Bertz CT molecular complexity index is 463. The third-order valence-electron chi connectivity index (χ3n) is 2.25. The second-order valence-corrected chi connectivity index (χ2v) is 3.18. The number of aromatic nitrogens is 6. The number of rotatable bonds is 1. The van der Waals surface area contributed by atoms with Crippen LogP contribution in [0.25, 0.3) is 5.78 Å². The molecule has 0 aliphatic carbocycles. The molecule has 3 rings (SSSR count). The Kier molecular flexibility index (Phi) is 1.91. The van der Waals surface area contributed by atoms with E-state index >= 15 is 0 Å². The maximum Gasteiger partial charge on any atom is 0.278 e. The van der Waals surface area contributed by atoms with Gasteiger partial charge in [-0.15, -0.1) is 0 Å². The minimum atomic E-state index is 0.464. The average molecular weight is 207 g/mol. The molecule has 0 unspecified atom stereocenters. The first-order valence-electron chi connectivity index (χ1n) is 4.67. The molecule has 2 aromatic rings. The molecule has 0 atom stereocenters. The van der Waals surface area contributed by atoms with Crippen molar-refractivity contribution in [1.29, 1.82) is 0 Å². The summed E-state index contributed by atoms with van der Waals surface area (Å²) in [7, 11) is 0. The zero-order valence-electron chi connectivity index (χ0n) is 7.94. The van der Waals surface area contributed by atoms with Crippen LogP contribution in [0.1, 0.15) is 0 Å². The van der Waals surface area contributed by atoms with E-state index in [0.717, 1.165) is 13.1 Å². The van der Waals surface area contributed by atoms with Crippen molar-refractivity contribution in [2.45, 2.75) is 0 Å². The van der Waals surface area contributed by atoms with Crippen molar-refractivity contribution in [1.82, 2.24) is 30.0 Å². The van der Waals surface area contributed by atoms with Crippen molar-refractivity contribution >= 4 is 11.7 Å². The molecule has 1 fully saturated rings. The highest BCUT2D eigenvalue weighted by atomic mass is 16.5. The maximum absolute atomic E-state index is 5.25. The van der Waals surface area contributed by atoms with Gasteiger partial charge in [-0.3, -0.25) is 0 Å². The van der Waals surface area contributed by atoms with Crippen molar-refractivity contribution in [2.24, 2.45) is 0 Å². The second kappa shape index (κ2) is 3.39. The van der Waals surface area contributed by atoms with Crippen LogP contribution in [-0.4, -0.2) is 56.3 Å². The minimum absolute atomic E-state index is 0.464. The van der Waals surface area contributed by atoms with E-state index in [4.69, 9.17) is 4.74 Å². The Hall–Kier alpha value is -1.83. The molecule has 0 amide bonds. The van der Waals surface area contributed by atoms with Gasteiger partial charge in [0.05, 0.1) is 13.2 Å². The Labute approximate surface area is 84.9 Å². The van der Waals surface area contributed by atoms with E-state index in [-0.39, 0.29) is 0 Å². The van der Waals surface area contributed by atoms with Gasteiger partial charge in [-0.25, -0.2) is 4.98 Å². The van der Waals surface area contributed by atoms with Crippen molar-refractivity contribution in [3.8, 4) is 0 Å². The number of fused-ring (bicyclic) bond motifs is 1. The first kappa shape index (κ1) is 8.48. The molecule has 0 N–H and O–H groups in total. The molecule has 0 saturated carbocycles. The topological polar surface area (TPSA) is 81.3 Å². The van der Waals surface area contributed by atoms with Crippen molar-refractivity contribution in [3.63, 3.8) is 0 Å². The summed E-state index contributed by atoms with van der Waals surface area (Å²) in [5, 5.41) is 11.0. The highest BCUT2D eigenvalue weighted by molar-refractivity contribution is 5.36. The fourth-order valence-corrected chi connectivity index (χ4v) is 1.48. The zero-order valence-corrected chi connectivity index (χ0v) is 7.94. The van der Waals surface area contributed by atoms with Crippen LogP contribution in [0.3, 0.4) is 0 Å². The number of nitrogens with zero attached hydrogens (tertiary/aromatic N) is 7. The van der Waals surface area contributed by atoms with Crippen LogP contribution in [-0.2, 0) is 4.74 Å². The molecule has 8 nitrogen and oxygen atoms in total. The number of ether oxygens (including phenoxy) is 1. The first-order valence-corrected chi connectivity index (χ1v) is 4.67. The maximum atomic E-state index is 5.25. The lowest BCUT2D eigenvalue weighted by Crippen LogP contribution is -2.37. The molecule has 1 aliphatic rings. The van der Waals surface area contributed by atoms with Gasteiger partial charge in [0.2, 0.25) is 5.95 Å². The summed E-state index contributed by atoms with van der Waals surface area (Å²) >= 11 is 0. The van der Waals surface area contributed by atoms with E-state index in [0.29, 0.717) is 24.9 Å². The number of hydrogen-bond donors (Lipinski definition) is 0. The lowest BCUT2D eigenvalue weighted by molar-refractivity contribution is 0.122. The Morgan fingerprint density at radius 2 is 2.13 bits per heavy atom. The van der Waals surface area contributed by atoms with Gasteiger partial charge >= 0.3 is 0 Å². The molecule has 15 heavy (non-hydrogen) atoms. The summed E-state index contributed by atoms with van der Waals surface area (Å²) in [6, 6.07) is 0. The first-order chi connectivity index (χ1) is 7.43. The summed E-state index contributed by atoms with van der Waals surface area (Å²) in [5.41, 5.74) is 0. The van der Waals surface area contributed by atoms with Gasteiger partial charge in [0, 0.05) is 13.1 Å². The lowest BCUT2D eigenvalue weighted by Gasteiger charge is -2.26. The summed E-state index contributed by atoms with van der Waals surface area (Å²) in [6.07, 6.45) is 1.56. The normalized spacial score (nSPS) is 17.2. The molecule has 0 spiro atoms. The van der Waals surface area contributed by atoms with Gasteiger partial charge in [-0.2, -0.15) is 9.50 Å². The summed E-state index contributed by atoms with van der Waals surface area (Å²) in [4.78, 5) is 10.5. The predicted molar refractivity (Wildman–Crippen MR) is 49.4 cm³/mol. The van der Waals surface area contributed by atoms with Gasteiger partial charge < -0.3 is 9.64 Å². The second-order valence-electron chi connectivity index (χ2n) is 3.18. The highest BCUT2D eigenvalue weighted by Gasteiger charge is 2.14. The average Bonchev–Trinajstić information content (AvgIpc) is 2.77.